The highest BCUT2D eigenvalue weighted by Gasteiger charge is 2.12. The number of carbonyl (C=O) groups excluding carboxylic acids is 1. The van der Waals surface area contributed by atoms with Gasteiger partial charge in [-0.25, -0.2) is 0 Å². The number of nitrogens with zero attached hydrogens (tertiary/aromatic N) is 2. The molecule has 8 heteroatoms. The van der Waals surface area contributed by atoms with Gasteiger partial charge in [-0.3, -0.25) is 9.35 Å². The van der Waals surface area contributed by atoms with Crippen molar-refractivity contribution in [1.29, 1.82) is 0 Å². The minimum atomic E-state index is -4.02. The number of aryl methyl sites for hydroxylation is 1. The van der Waals surface area contributed by atoms with E-state index in [0.29, 0.717) is 5.56 Å². The number of carbonyl (C=O) groups is 1. The van der Waals surface area contributed by atoms with Gasteiger partial charge in [0, 0.05) is 6.07 Å². The molecule has 0 atom stereocenters. The fraction of sp³-hybridized carbons (Fsp3) is 0.300. The third-order valence-electron chi connectivity index (χ3n) is 1.96. The third-order valence-corrected chi connectivity index (χ3v) is 2.66. The van der Waals surface area contributed by atoms with Crippen molar-refractivity contribution in [2.75, 3.05) is 12.3 Å². The first-order valence-corrected chi connectivity index (χ1v) is 6.56. The molecular formula is C10H12N3O4S+. The van der Waals surface area contributed by atoms with Crippen molar-refractivity contribution in [3.05, 3.63) is 24.0 Å². The van der Waals surface area contributed by atoms with Crippen LogP contribution in [0.25, 0.3) is 0 Å². The summed E-state index contributed by atoms with van der Waals surface area (Å²) in [4.78, 5) is 11.4. The molecule has 0 aliphatic carbocycles. The monoisotopic (exact) mass is 270 g/mol. The summed E-state index contributed by atoms with van der Waals surface area (Å²) in [6, 6.07) is 1.48. The van der Waals surface area contributed by atoms with E-state index in [1.807, 2.05) is 0 Å². The van der Waals surface area contributed by atoms with Crippen LogP contribution >= 0.6 is 0 Å². The molecule has 2 N–H and O–H groups in total. The molecule has 0 fully saturated rings. The minimum Gasteiger partial charge on any atom is -0.341 e. The Morgan fingerprint density at radius 2 is 2.33 bits per heavy atom. The van der Waals surface area contributed by atoms with Crippen molar-refractivity contribution in [3.63, 3.8) is 0 Å². The maximum atomic E-state index is 11.4. The normalized spacial score (nSPS) is 10.7. The predicted octanol–water partition coefficient (Wildman–Crippen LogP) is -1.38. The van der Waals surface area contributed by atoms with Gasteiger partial charge in [0.1, 0.15) is 11.9 Å². The summed E-state index contributed by atoms with van der Waals surface area (Å²) in [6.07, 6.45) is 7.72. The van der Waals surface area contributed by atoms with Gasteiger partial charge in [-0.05, 0) is 5.10 Å². The first kappa shape index (κ1) is 14.1. The molecule has 0 bridgehead atoms. The zero-order chi connectivity index (χ0) is 13.6. The minimum absolute atomic E-state index is 0.00505. The molecule has 0 unspecified atom stereocenters. The van der Waals surface area contributed by atoms with Gasteiger partial charge in [0.15, 0.2) is 12.7 Å². The van der Waals surface area contributed by atoms with Crippen LogP contribution in [0.5, 0.6) is 0 Å². The number of terminal acetylenes is 1. The van der Waals surface area contributed by atoms with Crippen LogP contribution in [0.3, 0.4) is 0 Å². The van der Waals surface area contributed by atoms with Gasteiger partial charge in [-0.1, -0.05) is 10.6 Å². The van der Waals surface area contributed by atoms with Gasteiger partial charge < -0.3 is 5.32 Å². The lowest BCUT2D eigenvalue weighted by Crippen LogP contribution is -2.41. The average Bonchev–Trinajstić information content (AvgIpc) is 2.33. The average molecular weight is 270 g/mol. The van der Waals surface area contributed by atoms with E-state index in [0.717, 1.165) is 0 Å². The zero-order valence-corrected chi connectivity index (χ0v) is 10.2. The number of amides is 1. The first-order chi connectivity index (χ1) is 8.42. The van der Waals surface area contributed by atoms with Crippen molar-refractivity contribution in [3.8, 4) is 12.3 Å². The van der Waals surface area contributed by atoms with Crippen LogP contribution in [0.1, 0.15) is 10.4 Å². The molecular weight excluding hydrogens is 258 g/mol. The molecule has 1 rings (SSSR count). The van der Waals surface area contributed by atoms with Gasteiger partial charge in [0.2, 0.25) is 0 Å². The van der Waals surface area contributed by atoms with Crippen LogP contribution in [0, 0.1) is 12.3 Å². The van der Waals surface area contributed by atoms with E-state index in [9.17, 15) is 13.2 Å². The summed E-state index contributed by atoms with van der Waals surface area (Å²) in [5, 5.41) is 6.30. The number of hydrogen-bond acceptors (Lipinski definition) is 4. The van der Waals surface area contributed by atoms with Crippen LogP contribution in [0.4, 0.5) is 0 Å². The SMILES string of the molecule is C#CCNC(=O)c1cc[n+](CCS(=O)(=O)O)nc1. The first-order valence-electron chi connectivity index (χ1n) is 4.95. The second kappa shape index (κ2) is 6.09. The number of aromatic nitrogens is 2. The second-order valence-electron chi connectivity index (χ2n) is 3.35. The van der Waals surface area contributed by atoms with Crippen LogP contribution in [-0.2, 0) is 16.7 Å². The maximum Gasteiger partial charge on any atom is 0.271 e. The molecule has 1 aromatic rings. The van der Waals surface area contributed by atoms with E-state index in [1.165, 1.54) is 23.1 Å². The van der Waals surface area contributed by atoms with Crippen molar-refractivity contribution in [1.82, 2.24) is 10.4 Å². The van der Waals surface area contributed by atoms with Gasteiger partial charge in [0.25, 0.3) is 16.0 Å². The lowest BCUT2D eigenvalue weighted by molar-refractivity contribution is -0.750. The molecule has 0 aliphatic rings. The van der Waals surface area contributed by atoms with Gasteiger partial charge in [-0.15, -0.1) is 6.42 Å². The van der Waals surface area contributed by atoms with E-state index in [-0.39, 0.29) is 19.0 Å². The number of hydrogen-bond donors (Lipinski definition) is 2. The van der Waals surface area contributed by atoms with Gasteiger partial charge >= 0.3 is 0 Å². The van der Waals surface area contributed by atoms with Crippen LogP contribution in [0.2, 0.25) is 0 Å². The Kier molecular flexibility index (Phi) is 4.76. The molecule has 96 valence electrons. The smallest absolute Gasteiger partial charge is 0.271 e. The molecule has 0 radical (unpaired) electrons. The van der Waals surface area contributed by atoms with Crippen LogP contribution in [-0.4, -0.2) is 36.3 Å². The Bertz CT molecular complexity index is 560. The molecule has 0 aliphatic heterocycles. The van der Waals surface area contributed by atoms with Gasteiger partial charge in [-0.2, -0.15) is 8.42 Å². The highest BCUT2D eigenvalue weighted by molar-refractivity contribution is 7.85. The van der Waals surface area contributed by atoms with Gasteiger partial charge in [0.05, 0.1) is 12.1 Å². The Morgan fingerprint density at radius 3 is 2.83 bits per heavy atom. The highest BCUT2D eigenvalue weighted by atomic mass is 32.2. The molecule has 1 heterocycles. The van der Waals surface area contributed by atoms with E-state index in [2.05, 4.69) is 16.3 Å². The Labute approximate surface area is 105 Å². The summed E-state index contributed by atoms with van der Waals surface area (Å²) in [6.45, 7) is 0.127. The molecule has 0 spiro atoms. The van der Waals surface area contributed by atoms with E-state index < -0.39 is 15.9 Å². The van der Waals surface area contributed by atoms with Crippen LogP contribution in [0.15, 0.2) is 18.5 Å². The van der Waals surface area contributed by atoms with Crippen molar-refractivity contribution in [2.45, 2.75) is 6.54 Å². The van der Waals surface area contributed by atoms with Crippen molar-refractivity contribution < 1.29 is 22.4 Å². The fourth-order valence-corrected chi connectivity index (χ4v) is 1.51. The second-order valence-corrected chi connectivity index (χ2v) is 4.92. The van der Waals surface area contributed by atoms with E-state index in [1.54, 1.807) is 0 Å². The molecule has 0 saturated heterocycles. The third kappa shape index (κ3) is 4.90. The van der Waals surface area contributed by atoms with Crippen molar-refractivity contribution >= 4 is 16.0 Å². The molecule has 0 saturated carbocycles. The Hall–Kier alpha value is -1.98. The van der Waals surface area contributed by atoms with E-state index in [4.69, 9.17) is 11.0 Å². The Balaban J connectivity index is 2.63. The quantitative estimate of drug-likeness (QED) is 0.390. The predicted molar refractivity (Wildman–Crippen MR) is 62.0 cm³/mol. The summed E-state index contributed by atoms with van der Waals surface area (Å²) in [5.74, 6) is 1.47. The summed E-state index contributed by atoms with van der Waals surface area (Å²) < 4.78 is 30.9. The molecule has 0 aromatic carbocycles. The number of nitrogens with one attached hydrogen (secondary N) is 1. The van der Waals surface area contributed by atoms with Crippen LogP contribution < -0.4 is 10.00 Å². The van der Waals surface area contributed by atoms with E-state index >= 15 is 0 Å². The molecule has 18 heavy (non-hydrogen) atoms. The lowest BCUT2D eigenvalue weighted by Gasteiger charge is -1.99. The van der Waals surface area contributed by atoms with Crippen molar-refractivity contribution in [2.24, 2.45) is 0 Å². The molecule has 1 amide bonds. The fourth-order valence-electron chi connectivity index (χ4n) is 1.09. The summed E-state index contributed by atoms with van der Waals surface area (Å²) >= 11 is 0. The molecule has 7 nitrogen and oxygen atoms in total. The summed E-state index contributed by atoms with van der Waals surface area (Å²) in [5.41, 5.74) is 0.313. The molecule has 1 aromatic heterocycles. The zero-order valence-electron chi connectivity index (χ0n) is 9.41. The highest BCUT2D eigenvalue weighted by Crippen LogP contribution is 1.92. The maximum absolute atomic E-state index is 11.4. The standard InChI is InChI=1S/C10H11N3O4S/c1-2-4-11-10(14)9-3-5-13(12-8-9)6-7-18(15,16)17/h1,3,5,8H,4,6-7H2,(H-,11,14,15,16,17)/p+1. The summed E-state index contributed by atoms with van der Waals surface area (Å²) in [7, 11) is -4.02. The largest absolute Gasteiger partial charge is 0.341 e. The topological polar surface area (TPSA) is 100 Å². The Morgan fingerprint density at radius 1 is 1.61 bits per heavy atom. The number of rotatable bonds is 5. The lowest BCUT2D eigenvalue weighted by atomic mass is 10.3.